The highest BCUT2D eigenvalue weighted by molar-refractivity contribution is 7.89. The van der Waals surface area contributed by atoms with E-state index in [0.717, 1.165) is 17.1 Å². The lowest BCUT2D eigenvalue weighted by molar-refractivity contribution is 0.582. The molecule has 3 N–H and O–H groups in total. The molecule has 0 atom stereocenters. The van der Waals surface area contributed by atoms with Gasteiger partial charge in [-0.1, -0.05) is 6.92 Å². The molecule has 110 valence electrons. The van der Waals surface area contributed by atoms with Crippen LogP contribution in [0.3, 0.4) is 0 Å². The van der Waals surface area contributed by atoms with Crippen molar-refractivity contribution in [2.24, 2.45) is 0 Å². The molecule has 2 aromatic heterocycles. The van der Waals surface area contributed by atoms with Crippen molar-refractivity contribution in [3.8, 4) is 0 Å². The quantitative estimate of drug-likeness (QED) is 0.731. The van der Waals surface area contributed by atoms with E-state index in [4.69, 9.17) is 0 Å². The van der Waals surface area contributed by atoms with Crippen LogP contribution in [0.25, 0.3) is 0 Å². The number of aryl methyl sites for hydroxylation is 1. The van der Waals surface area contributed by atoms with Crippen molar-refractivity contribution in [1.82, 2.24) is 15.0 Å². The molecular formula is C13H19N3O2S2. The summed E-state index contributed by atoms with van der Waals surface area (Å²) in [6.45, 7) is 5.81. The van der Waals surface area contributed by atoms with Gasteiger partial charge in [-0.2, -0.15) is 0 Å². The van der Waals surface area contributed by atoms with Gasteiger partial charge in [-0.3, -0.25) is 0 Å². The molecule has 0 spiro atoms. The third-order valence-corrected chi connectivity index (χ3v) is 5.21. The minimum Gasteiger partial charge on any atom is -0.363 e. The van der Waals surface area contributed by atoms with Crippen LogP contribution in [-0.2, 0) is 23.1 Å². The molecule has 0 aromatic carbocycles. The second kappa shape index (κ2) is 6.53. The number of rotatable bonds is 7. The molecule has 0 unspecified atom stereocenters. The fourth-order valence-corrected chi connectivity index (χ4v) is 3.71. The van der Waals surface area contributed by atoms with Crippen molar-refractivity contribution >= 4 is 21.4 Å². The molecule has 0 saturated carbocycles. The smallest absolute Gasteiger partial charge is 0.242 e. The van der Waals surface area contributed by atoms with E-state index < -0.39 is 10.0 Å². The predicted octanol–water partition coefficient (Wildman–Crippen LogP) is 1.97. The van der Waals surface area contributed by atoms with Crippen LogP contribution < -0.4 is 10.0 Å². The van der Waals surface area contributed by atoms with Crippen molar-refractivity contribution in [1.29, 1.82) is 0 Å². The normalized spacial score (nSPS) is 11.9. The molecule has 0 bridgehead atoms. The highest BCUT2D eigenvalue weighted by atomic mass is 32.2. The fraction of sp³-hybridized carbons (Fsp3) is 0.385. The highest BCUT2D eigenvalue weighted by Gasteiger charge is 2.15. The van der Waals surface area contributed by atoms with Crippen molar-refractivity contribution < 1.29 is 8.42 Å². The van der Waals surface area contributed by atoms with Gasteiger partial charge in [0.05, 0.1) is 4.90 Å². The van der Waals surface area contributed by atoms with E-state index in [1.807, 2.05) is 26.0 Å². The molecule has 0 saturated heterocycles. The summed E-state index contributed by atoms with van der Waals surface area (Å²) in [5, 5.41) is 3.15. The molecule has 0 aliphatic heterocycles. The standard InChI is InChI=1S/C13H19N3O2S2/c1-3-14-7-11-6-13(9-15-11)20(17,18)16-8-12-5-4-10(2)19-12/h4-6,9,14-16H,3,7-8H2,1-2H3. The van der Waals surface area contributed by atoms with Crippen LogP contribution >= 0.6 is 11.3 Å². The Labute approximate surface area is 123 Å². The second-order valence-corrected chi connectivity index (χ2v) is 7.62. The topological polar surface area (TPSA) is 74.0 Å². The minimum absolute atomic E-state index is 0.277. The number of H-pyrrole nitrogens is 1. The maximum Gasteiger partial charge on any atom is 0.242 e. The zero-order valence-corrected chi connectivity index (χ0v) is 13.2. The van der Waals surface area contributed by atoms with Gasteiger partial charge in [0.25, 0.3) is 0 Å². The van der Waals surface area contributed by atoms with Crippen LogP contribution in [0.2, 0.25) is 0 Å². The fourth-order valence-electron chi connectivity index (χ4n) is 1.77. The third-order valence-electron chi connectivity index (χ3n) is 2.82. The predicted molar refractivity (Wildman–Crippen MR) is 81.3 cm³/mol. The van der Waals surface area contributed by atoms with Crippen LogP contribution in [0.1, 0.15) is 22.4 Å². The molecule has 2 aromatic rings. The summed E-state index contributed by atoms with van der Waals surface area (Å²) in [5.41, 5.74) is 0.860. The lowest BCUT2D eigenvalue weighted by Gasteiger charge is -2.03. The number of hydrogen-bond acceptors (Lipinski definition) is 4. The Morgan fingerprint density at radius 1 is 1.30 bits per heavy atom. The van der Waals surface area contributed by atoms with Crippen LogP contribution in [0.15, 0.2) is 29.3 Å². The number of aromatic nitrogens is 1. The van der Waals surface area contributed by atoms with Crippen molar-refractivity contribution in [3.05, 3.63) is 39.8 Å². The van der Waals surface area contributed by atoms with Crippen LogP contribution in [0.4, 0.5) is 0 Å². The van der Waals surface area contributed by atoms with Crippen LogP contribution in [-0.4, -0.2) is 19.9 Å². The van der Waals surface area contributed by atoms with Crippen molar-refractivity contribution in [2.75, 3.05) is 6.54 Å². The summed E-state index contributed by atoms with van der Waals surface area (Å²) in [7, 11) is -3.46. The number of hydrogen-bond donors (Lipinski definition) is 3. The number of nitrogens with one attached hydrogen (secondary N) is 3. The zero-order valence-electron chi connectivity index (χ0n) is 11.6. The summed E-state index contributed by atoms with van der Waals surface area (Å²) in [4.78, 5) is 5.43. The van der Waals surface area contributed by atoms with Crippen LogP contribution in [0.5, 0.6) is 0 Å². The maximum absolute atomic E-state index is 12.2. The van der Waals surface area contributed by atoms with E-state index in [-0.39, 0.29) is 4.90 Å². The van der Waals surface area contributed by atoms with Gasteiger partial charge in [0, 0.05) is 34.7 Å². The number of aromatic amines is 1. The van der Waals surface area contributed by atoms with Gasteiger partial charge >= 0.3 is 0 Å². The zero-order chi connectivity index (χ0) is 14.6. The van der Waals surface area contributed by atoms with E-state index in [1.165, 1.54) is 11.1 Å². The molecular weight excluding hydrogens is 294 g/mol. The van der Waals surface area contributed by atoms with Gasteiger partial charge in [-0.15, -0.1) is 11.3 Å². The highest BCUT2D eigenvalue weighted by Crippen LogP contribution is 2.16. The Kier molecular flexibility index (Phi) is 4.98. The molecule has 0 radical (unpaired) electrons. The molecule has 2 heterocycles. The molecule has 20 heavy (non-hydrogen) atoms. The van der Waals surface area contributed by atoms with Gasteiger partial charge in [0.1, 0.15) is 0 Å². The molecule has 0 amide bonds. The van der Waals surface area contributed by atoms with Gasteiger partial charge in [-0.05, 0) is 31.7 Å². The summed E-state index contributed by atoms with van der Waals surface area (Å²) < 4.78 is 26.9. The molecule has 0 fully saturated rings. The lowest BCUT2D eigenvalue weighted by atomic mass is 10.4. The maximum atomic E-state index is 12.2. The second-order valence-electron chi connectivity index (χ2n) is 4.48. The molecule has 0 aliphatic carbocycles. The molecule has 2 rings (SSSR count). The summed E-state index contributed by atoms with van der Waals surface area (Å²) in [6.07, 6.45) is 1.52. The first kappa shape index (κ1) is 15.2. The van der Waals surface area contributed by atoms with E-state index in [2.05, 4.69) is 15.0 Å². The van der Waals surface area contributed by atoms with Gasteiger partial charge in [0.15, 0.2) is 0 Å². The minimum atomic E-state index is -3.46. The first-order chi connectivity index (χ1) is 9.51. The third kappa shape index (κ3) is 3.92. The van der Waals surface area contributed by atoms with Gasteiger partial charge in [0.2, 0.25) is 10.0 Å². The van der Waals surface area contributed by atoms with E-state index in [9.17, 15) is 8.42 Å². The van der Waals surface area contributed by atoms with Gasteiger partial charge < -0.3 is 10.3 Å². The average Bonchev–Trinajstić information content (AvgIpc) is 3.03. The van der Waals surface area contributed by atoms with E-state index in [0.29, 0.717) is 13.1 Å². The molecule has 7 heteroatoms. The van der Waals surface area contributed by atoms with Crippen molar-refractivity contribution in [3.63, 3.8) is 0 Å². The first-order valence-corrected chi connectivity index (χ1v) is 8.74. The van der Waals surface area contributed by atoms with Crippen LogP contribution in [0, 0.1) is 6.92 Å². The number of thiophene rings is 1. The van der Waals surface area contributed by atoms with E-state index >= 15 is 0 Å². The number of sulfonamides is 1. The molecule has 5 nitrogen and oxygen atoms in total. The molecule has 0 aliphatic rings. The van der Waals surface area contributed by atoms with E-state index in [1.54, 1.807) is 17.4 Å². The average molecular weight is 313 g/mol. The summed E-state index contributed by atoms with van der Waals surface area (Å²) in [6, 6.07) is 5.58. The Morgan fingerprint density at radius 3 is 2.75 bits per heavy atom. The lowest BCUT2D eigenvalue weighted by Crippen LogP contribution is -2.22. The Morgan fingerprint density at radius 2 is 2.10 bits per heavy atom. The monoisotopic (exact) mass is 313 g/mol. The SMILES string of the molecule is CCNCc1cc(S(=O)(=O)NCc2ccc(C)s2)c[nH]1. The first-order valence-electron chi connectivity index (χ1n) is 6.44. The van der Waals surface area contributed by atoms with Gasteiger partial charge in [-0.25, -0.2) is 13.1 Å². The Hall–Kier alpha value is -1.15. The van der Waals surface area contributed by atoms with Crippen molar-refractivity contribution in [2.45, 2.75) is 31.8 Å². The summed E-state index contributed by atoms with van der Waals surface area (Å²) in [5.74, 6) is 0. The largest absolute Gasteiger partial charge is 0.363 e. The Balaban J connectivity index is 2.00. The summed E-state index contributed by atoms with van der Waals surface area (Å²) >= 11 is 1.60. The Bertz CT molecular complexity index is 659.